The van der Waals surface area contributed by atoms with Crippen molar-refractivity contribution < 1.29 is 14.3 Å². The van der Waals surface area contributed by atoms with Crippen LogP contribution in [0.15, 0.2) is 42.5 Å². The number of nitrogens with zero attached hydrogens (tertiary/aromatic N) is 3. The molecule has 0 aliphatic heterocycles. The fourth-order valence-electron chi connectivity index (χ4n) is 2.78. The first-order chi connectivity index (χ1) is 12.6. The van der Waals surface area contributed by atoms with E-state index in [0.29, 0.717) is 23.2 Å². The van der Waals surface area contributed by atoms with E-state index in [1.165, 1.54) is 5.56 Å². The van der Waals surface area contributed by atoms with E-state index in [1.54, 1.807) is 35.0 Å². The van der Waals surface area contributed by atoms with E-state index < -0.39 is 5.97 Å². The molecular formula is C20H21N3O3. The summed E-state index contributed by atoms with van der Waals surface area (Å²) >= 11 is 0. The van der Waals surface area contributed by atoms with Crippen molar-refractivity contribution in [1.82, 2.24) is 15.0 Å². The van der Waals surface area contributed by atoms with Gasteiger partial charge in [0, 0.05) is 12.1 Å². The third kappa shape index (κ3) is 3.79. The highest BCUT2D eigenvalue weighted by atomic mass is 16.5. The summed E-state index contributed by atoms with van der Waals surface area (Å²) in [6.45, 7) is 4.49. The van der Waals surface area contributed by atoms with Crippen LogP contribution in [0.4, 0.5) is 0 Å². The number of carbonyl (C=O) groups is 2. The lowest BCUT2D eigenvalue weighted by molar-refractivity contribution is 0.0475. The van der Waals surface area contributed by atoms with Crippen LogP contribution in [-0.4, -0.2) is 33.4 Å². The number of aryl methyl sites for hydroxylation is 2. The molecule has 3 aromatic rings. The van der Waals surface area contributed by atoms with E-state index in [1.807, 2.05) is 19.1 Å². The number of Topliss-reactive ketones (excluding diaryl/α,β-unsaturated/α-hetero) is 1. The number of benzene rings is 2. The van der Waals surface area contributed by atoms with Gasteiger partial charge in [-0.05, 0) is 37.1 Å². The lowest BCUT2D eigenvalue weighted by Gasteiger charge is -2.06. The van der Waals surface area contributed by atoms with E-state index in [0.717, 1.165) is 18.4 Å². The van der Waals surface area contributed by atoms with Gasteiger partial charge in [-0.15, -0.1) is 5.10 Å². The summed E-state index contributed by atoms with van der Waals surface area (Å²) in [5, 5.41) is 8.05. The Balaban J connectivity index is 1.63. The van der Waals surface area contributed by atoms with Gasteiger partial charge in [0.1, 0.15) is 5.52 Å². The molecule has 0 fully saturated rings. The van der Waals surface area contributed by atoms with Crippen LogP contribution < -0.4 is 0 Å². The second kappa shape index (κ2) is 7.91. The van der Waals surface area contributed by atoms with Gasteiger partial charge in [0.15, 0.2) is 12.4 Å². The molecule has 0 amide bonds. The Kier molecular flexibility index (Phi) is 5.41. The number of fused-ring (bicyclic) bond motifs is 1. The molecule has 2 aromatic carbocycles. The van der Waals surface area contributed by atoms with Gasteiger partial charge in [0.2, 0.25) is 0 Å². The highest BCUT2D eigenvalue weighted by molar-refractivity contribution is 6.00. The Hall–Kier alpha value is -3.02. The molecule has 6 nitrogen and oxygen atoms in total. The van der Waals surface area contributed by atoms with Crippen molar-refractivity contribution >= 4 is 22.8 Å². The smallest absolute Gasteiger partial charge is 0.338 e. The zero-order chi connectivity index (χ0) is 18.5. The van der Waals surface area contributed by atoms with Crippen molar-refractivity contribution in [2.24, 2.45) is 0 Å². The molecule has 134 valence electrons. The van der Waals surface area contributed by atoms with Gasteiger partial charge >= 0.3 is 5.97 Å². The molecule has 0 saturated carbocycles. The summed E-state index contributed by atoms with van der Waals surface area (Å²) in [4.78, 5) is 24.4. The number of ether oxygens (including phenoxy) is 1. The van der Waals surface area contributed by atoms with E-state index in [9.17, 15) is 9.59 Å². The number of hydrogen-bond donors (Lipinski definition) is 0. The molecule has 0 saturated heterocycles. The standard InChI is InChI=1S/C20H21N3O3/c1-3-5-14-6-8-15(9-7-14)19(24)13-26-20(25)16-10-11-18-17(12-16)21-22-23(18)4-2/h6-12H,3-5,13H2,1-2H3. The SMILES string of the molecule is CCCc1ccc(C(=O)COC(=O)c2ccc3c(c2)nnn3CC)cc1. The van der Waals surface area contributed by atoms with E-state index in [2.05, 4.69) is 17.2 Å². The van der Waals surface area contributed by atoms with Gasteiger partial charge in [-0.3, -0.25) is 4.79 Å². The summed E-state index contributed by atoms with van der Waals surface area (Å²) in [5.41, 5.74) is 3.56. The van der Waals surface area contributed by atoms with Crippen LogP contribution in [0.2, 0.25) is 0 Å². The van der Waals surface area contributed by atoms with E-state index in [4.69, 9.17) is 4.74 Å². The number of rotatable bonds is 7. The maximum Gasteiger partial charge on any atom is 0.338 e. The van der Waals surface area contributed by atoms with Crippen LogP contribution in [0.1, 0.15) is 46.5 Å². The van der Waals surface area contributed by atoms with Gasteiger partial charge in [-0.25, -0.2) is 9.48 Å². The van der Waals surface area contributed by atoms with Crippen molar-refractivity contribution in [3.8, 4) is 0 Å². The van der Waals surface area contributed by atoms with Crippen molar-refractivity contribution in [2.45, 2.75) is 33.2 Å². The molecule has 1 heterocycles. The Morgan fingerprint density at radius 3 is 2.46 bits per heavy atom. The lowest BCUT2D eigenvalue weighted by atomic mass is 10.1. The molecular weight excluding hydrogens is 330 g/mol. The minimum Gasteiger partial charge on any atom is -0.454 e. The number of carbonyl (C=O) groups excluding carboxylic acids is 2. The van der Waals surface area contributed by atoms with E-state index in [-0.39, 0.29) is 12.4 Å². The second-order valence-electron chi connectivity index (χ2n) is 6.05. The summed E-state index contributed by atoms with van der Waals surface area (Å²) < 4.78 is 6.91. The van der Waals surface area contributed by atoms with Crippen molar-refractivity contribution in [1.29, 1.82) is 0 Å². The first kappa shape index (κ1) is 17.8. The molecule has 6 heteroatoms. The summed E-state index contributed by atoms with van der Waals surface area (Å²) in [7, 11) is 0. The maximum atomic E-state index is 12.2. The Morgan fingerprint density at radius 2 is 1.77 bits per heavy atom. The van der Waals surface area contributed by atoms with Crippen molar-refractivity contribution in [2.75, 3.05) is 6.61 Å². The fraction of sp³-hybridized carbons (Fsp3) is 0.300. The minimum atomic E-state index is -0.547. The molecule has 0 spiro atoms. The minimum absolute atomic E-state index is 0.223. The average Bonchev–Trinajstić information content (AvgIpc) is 3.09. The van der Waals surface area contributed by atoms with Crippen molar-refractivity contribution in [3.05, 3.63) is 59.2 Å². The molecule has 0 bridgehead atoms. The molecule has 3 rings (SSSR count). The van der Waals surface area contributed by atoms with Gasteiger partial charge in [0.05, 0.1) is 11.1 Å². The van der Waals surface area contributed by atoms with Crippen LogP contribution in [0.25, 0.3) is 11.0 Å². The Labute approximate surface area is 151 Å². The molecule has 0 unspecified atom stereocenters. The number of esters is 1. The molecule has 0 N–H and O–H groups in total. The highest BCUT2D eigenvalue weighted by Crippen LogP contribution is 2.14. The largest absolute Gasteiger partial charge is 0.454 e. The van der Waals surface area contributed by atoms with Gasteiger partial charge in [-0.1, -0.05) is 42.8 Å². The van der Waals surface area contributed by atoms with Gasteiger partial charge in [-0.2, -0.15) is 0 Å². The molecule has 0 radical (unpaired) electrons. The molecule has 0 aliphatic rings. The van der Waals surface area contributed by atoms with E-state index >= 15 is 0 Å². The molecule has 0 atom stereocenters. The first-order valence-corrected chi connectivity index (χ1v) is 8.75. The molecule has 1 aromatic heterocycles. The third-order valence-electron chi connectivity index (χ3n) is 4.20. The zero-order valence-electron chi connectivity index (χ0n) is 14.9. The van der Waals surface area contributed by atoms with Gasteiger partial charge in [0.25, 0.3) is 0 Å². The average molecular weight is 351 g/mol. The van der Waals surface area contributed by atoms with Gasteiger partial charge < -0.3 is 4.74 Å². The highest BCUT2D eigenvalue weighted by Gasteiger charge is 2.14. The normalized spacial score (nSPS) is 10.8. The number of aromatic nitrogens is 3. The monoisotopic (exact) mass is 351 g/mol. The number of ketones is 1. The van der Waals surface area contributed by atoms with Crippen LogP contribution in [-0.2, 0) is 17.7 Å². The molecule has 26 heavy (non-hydrogen) atoms. The quantitative estimate of drug-likeness (QED) is 0.481. The van der Waals surface area contributed by atoms with Crippen LogP contribution in [0.5, 0.6) is 0 Å². The summed E-state index contributed by atoms with van der Waals surface area (Å²) in [6.07, 6.45) is 2.04. The second-order valence-corrected chi connectivity index (χ2v) is 6.05. The third-order valence-corrected chi connectivity index (χ3v) is 4.20. The topological polar surface area (TPSA) is 74.1 Å². The van der Waals surface area contributed by atoms with Crippen LogP contribution in [0.3, 0.4) is 0 Å². The lowest BCUT2D eigenvalue weighted by Crippen LogP contribution is -2.14. The predicted octanol–water partition coefficient (Wildman–Crippen LogP) is 3.44. The maximum absolute atomic E-state index is 12.2. The van der Waals surface area contributed by atoms with Crippen molar-refractivity contribution in [3.63, 3.8) is 0 Å². The fourth-order valence-corrected chi connectivity index (χ4v) is 2.78. The Bertz CT molecular complexity index is 929. The number of hydrogen-bond acceptors (Lipinski definition) is 5. The summed E-state index contributed by atoms with van der Waals surface area (Å²) in [5.74, 6) is -0.770. The van der Waals surface area contributed by atoms with Crippen LogP contribution >= 0.6 is 0 Å². The molecule has 0 aliphatic carbocycles. The predicted molar refractivity (Wildman–Crippen MR) is 98.3 cm³/mol. The Morgan fingerprint density at radius 1 is 1.04 bits per heavy atom. The summed E-state index contributed by atoms with van der Waals surface area (Å²) in [6, 6.07) is 12.5. The first-order valence-electron chi connectivity index (χ1n) is 8.75. The van der Waals surface area contributed by atoms with Crippen LogP contribution in [0, 0.1) is 0 Å². The zero-order valence-corrected chi connectivity index (χ0v) is 14.9.